The second-order valence-electron chi connectivity index (χ2n) is 3.71. The zero-order valence-electron chi connectivity index (χ0n) is 5.90. The van der Waals surface area contributed by atoms with Crippen molar-refractivity contribution in [3.8, 4) is 0 Å². The Kier molecular flexibility index (Phi) is 1.10. The molecule has 52 valence electrons. The number of fused-ring (bicyclic) bond motifs is 1. The molecule has 2 unspecified atom stereocenters. The van der Waals surface area contributed by atoms with Crippen molar-refractivity contribution < 1.29 is 0 Å². The molecule has 0 radical (unpaired) electrons. The van der Waals surface area contributed by atoms with E-state index in [1.165, 1.54) is 32.1 Å². The van der Waals surface area contributed by atoms with Gasteiger partial charge in [0.15, 0.2) is 0 Å². The Morgan fingerprint density at radius 3 is 2.89 bits per heavy atom. The summed E-state index contributed by atoms with van der Waals surface area (Å²) in [7, 11) is 0. The molecule has 2 rings (SSSR count). The molecule has 2 atom stereocenters. The van der Waals surface area contributed by atoms with Crippen LogP contribution < -0.4 is 5.73 Å². The Balaban J connectivity index is 2.01. The Bertz CT molecular complexity index is 122. The molecule has 9 heavy (non-hydrogen) atoms. The van der Waals surface area contributed by atoms with Crippen LogP contribution in [-0.4, -0.2) is 6.54 Å². The minimum atomic E-state index is 0.665. The first-order chi connectivity index (χ1) is 4.37. The van der Waals surface area contributed by atoms with Gasteiger partial charge in [-0.1, -0.05) is 12.8 Å². The van der Waals surface area contributed by atoms with E-state index in [-0.39, 0.29) is 0 Å². The van der Waals surface area contributed by atoms with Crippen LogP contribution in [-0.2, 0) is 0 Å². The molecule has 0 aromatic heterocycles. The molecular formula is C8H15N. The molecule has 0 aliphatic heterocycles. The topological polar surface area (TPSA) is 26.0 Å². The highest BCUT2D eigenvalue weighted by Gasteiger charge is 2.53. The highest BCUT2D eigenvalue weighted by Crippen LogP contribution is 2.60. The van der Waals surface area contributed by atoms with Crippen LogP contribution in [0.15, 0.2) is 0 Å². The second-order valence-corrected chi connectivity index (χ2v) is 3.71. The van der Waals surface area contributed by atoms with Gasteiger partial charge in [-0.05, 0) is 37.1 Å². The lowest BCUT2D eigenvalue weighted by atomic mass is 9.89. The van der Waals surface area contributed by atoms with Crippen molar-refractivity contribution in [3.63, 3.8) is 0 Å². The first-order valence-corrected chi connectivity index (χ1v) is 4.07. The summed E-state index contributed by atoms with van der Waals surface area (Å²) in [6.07, 6.45) is 7.25. The van der Waals surface area contributed by atoms with Crippen LogP contribution in [0.5, 0.6) is 0 Å². The van der Waals surface area contributed by atoms with E-state index >= 15 is 0 Å². The molecule has 0 aromatic rings. The second kappa shape index (κ2) is 1.72. The fraction of sp³-hybridized carbons (Fsp3) is 1.00. The van der Waals surface area contributed by atoms with Gasteiger partial charge in [-0.15, -0.1) is 0 Å². The predicted octanol–water partition coefficient (Wildman–Crippen LogP) is 1.53. The van der Waals surface area contributed by atoms with E-state index in [1.54, 1.807) is 0 Å². The average molecular weight is 125 g/mol. The minimum Gasteiger partial charge on any atom is -0.330 e. The molecule has 0 heterocycles. The van der Waals surface area contributed by atoms with Gasteiger partial charge < -0.3 is 5.73 Å². The molecule has 2 aliphatic carbocycles. The number of rotatable bonds is 1. The van der Waals surface area contributed by atoms with Gasteiger partial charge >= 0.3 is 0 Å². The maximum absolute atomic E-state index is 5.68. The molecule has 0 spiro atoms. The fourth-order valence-corrected chi connectivity index (χ4v) is 2.37. The van der Waals surface area contributed by atoms with Crippen LogP contribution in [0.4, 0.5) is 0 Å². The molecule has 0 saturated heterocycles. The van der Waals surface area contributed by atoms with E-state index in [4.69, 9.17) is 5.73 Å². The fourth-order valence-electron chi connectivity index (χ4n) is 2.37. The van der Waals surface area contributed by atoms with Gasteiger partial charge in [0.05, 0.1) is 0 Å². The zero-order valence-corrected chi connectivity index (χ0v) is 5.90. The van der Waals surface area contributed by atoms with Crippen LogP contribution >= 0.6 is 0 Å². The molecule has 0 amide bonds. The Morgan fingerprint density at radius 2 is 2.33 bits per heavy atom. The lowest BCUT2D eigenvalue weighted by Gasteiger charge is -2.19. The summed E-state index contributed by atoms with van der Waals surface area (Å²) in [5.41, 5.74) is 6.34. The largest absolute Gasteiger partial charge is 0.330 e. The Labute approximate surface area is 56.6 Å². The molecule has 0 aromatic carbocycles. The maximum Gasteiger partial charge on any atom is -0.00178 e. The molecule has 2 aliphatic rings. The Morgan fingerprint density at radius 1 is 1.44 bits per heavy atom. The van der Waals surface area contributed by atoms with E-state index in [1.807, 2.05) is 0 Å². The number of hydrogen-bond donors (Lipinski definition) is 1. The van der Waals surface area contributed by atoms with E-state index in [9.17, 15) is 0 Å². The van der Waals surface area contributed by atoms with Gasteiger partial charge in [-0.25, -0.2) is 0 Å². The van der Waals surface area contributed by atoms with Crippen molar-refractivity contribution in [2.75, 3.05) is 6.54 Å². The highest BCUT2D eigenvalue weighted by atomic mass is 14.7. The average Bonchev–Trinajstić information content (AvgIpc) is 2.62. The minimum absolute atomic E-state index is 0.665. The van der Waals surface area contributed by atoms with E-state index in [0.717, 1.165) is 12.5 Å². The summed E-state index contributed by atoms with van der Waals surface area (Å²) < 4.78 is 0. The monoisotopic (exact) mass is 125 g/mol. The van der Waals surface area contributed by atoms with Crippen LogP contribution in [0.1, 0.15) is 32.1 Å². The van der Waals surface area contributed by atoms with Gasteiger partial charge in [0.25, 0.3) is 0 Å². The van der Waals surface area contributed by atoms with E-state index in [2.05, 4.69) is 0 Å². The summed E-state index contributed by atoms with van der Waals surface area (Å²) in [6.45, 7) is 0.956. The SMILES string of the molecule is NCC12CCCCC1C2. The standard InChI is InChI=1S/C8H15N/c9-6-8-4-2-1-3-7(8)5-8/h7H,1-6,9H2. The van der Waals surface area contributed by atoms with Gasteiger partial charge in [-0.2, -0.15) is 0 Å². The third kappa shape index (κ3) is 0.710. The number of hydrogen-bond acceptors (Lipinski definition) is 1. The van der Waals surface area contributed by atoms with Crippen molar-refractivity contribution in [2.24, 2.45) is 17.1 Å². The van der Waals surface area contributed by atoms with Gasteiger partial charge in [0.2, 0.25) is 0 Å². The molecule has 1 nitrogen and oxygen atoms in total. The molecule has 0 bridgehead atoms. The van der Waals surface area contributed by atoms with Crippen molar-refractivity contribution in [3.05, 3.63) is 0 Å². The summed E-state index contributed by atoms with van der Waals surface area (Å²) in [4.78, 5) is 0. The lowest BCUT2D eigenvalue weighted by molar-refractivity contribution is 0.346. The van der Waals surface area contributed by atoms with E-state index in [0.29, 0.717) is 5.41 Å². The molecule has 2 saturated carbocycles. The summed E-state index contributed by atoms with van der Waals surface area (Å²) in [6, 6.07) is 0. The third-order valence-electron chi connectivity index (χ3n) is 3.24. The maximum atomic E-state index is 5.68. The summed E-state index contributed by atoms with van der Waals surface area (Å²) in [5.74, 6) is 1.04. The van der Waals surface area contributed by atoms with Gasteiger partial charge in [-0.3, -0.25) is 0 Å². The van der Waals surface area contributed by atoms with Gasteiger partial charge in [0.1, 0.15) is 0 Å². The quantitative estimate of drug-likeness (QED) is 0.565. The summed E-state index contributed by atoms with van der Waals surface area (Å²) >= 11 is 0. The van der Waals surface area contributed by atoms with Crippen LogP contribution in [0.25, 0.3) is 0 Å². The first-order valence-electron chi connectivity index (χ1n) is 4.07. The Hall–Kier alpha value is -0.0400. The third-order valence-corrected chi connectivity index (χ3v) is 3.24. The predicted molar refractivity (Wildman–Crippen MR) is 38.1 cm³/mol. The van der Waals surface area contributed by atoms with Crippen molar-refractivity contribution >= 4 is 0 Å². The summed E-state index contributed by atoms with van der Waals surface area (Å²) in [5, 5.41) is 0. The zero-order chi connectivity index (χ0) is 6.32. The van der Waals surface area contributed by atoms with Crippen molar-refractivity contribution in [1.82, 2.24) is 0 Å². The molecule has 1 heteroatoms. The molecular weight excluding hydrogens is 110 g/mol. The normalized spacial score (nSPS) is 48.3. The number of nitrogens with two attached hydrogens (primary N) is 1. The highest BCUT2D eigenvalue weighted by molar-refractivity contribution is 5.04. The van der Waals surface area contributed by atoms with Crippen molar-refractivity contribution in [1.29, 1.82) is 0 Å². The van der Waals surface area contributed by atoms with Crippen molar-refractivity contribution in [2.45, 2.75) is 32.1 Å². The lowest BCUT2D eigenvalue weighted by Crippen LogP contribution is -2.20. The molecule has 2 fully saturated rings. The molecule has 2 N–H and O–H groups in total. The van der Waals surface area contributed by atoms with Crippen LogP contribution in [0.3, 0.4) is 0 Å². The van der Waals surface area contributed by atoms with Crippen LogP contribution in [0, 0.1) is 11.3 Å². The smallest absolute Gasteiger partial charge is 0.00178 e. The van der Waals surface area contributed by atoms with E-state index < -0.39 is 0 Å². The van der Waals surface area contributed by atoms with Gasteiger partial charge in [0, 0.05) is 0 Å². The first kappa shape index (κ1) is 5.72. The van der Waals surface area contributed by atoms with Crippen LogP contribution in [0.2, 0.25) is 0 Å².